The van der Waals surface area contributed by atoms with Crippen molar-refractivity contribution >= 4 is 17.2 Å². The molecular formula is C13H12N2O2S. The Balaban J connectivity index is 1.92. The van der Waals surface area contributed by atoms with Crippen LogP contribution in [0.3, 0.4) is 0 Å². The minimum Gasteiger partial charge on any atom is -0.493 e. The summed E-state index contributed by atoms with van der Waals surface area (Å²) < 4.78 is 5.51. The highest BCUT2D eigenvalue weighted by Gasteiger charge is 2.20. The number of hydrogen-bond acceptors (Lipinski definition) is 4. The van der Waals surface area contributed by atoms with Crippen LogP contribution in [-0.4, -0.2) is 17.5 Å². The van der Waals surface area contributed by atoms with Crippen LogP contribution in [0, 0.1) is 0 Å². The van der Waals surface area contributed by atoms with Gasteiger partial charge in [0, 0.05) is 17.7 Å². The van der Waals surface area contributed by atoms with Crippen LogP contribution < -0.4 is 5.73 Å². The number of ether oxygens (including phenoxy) is 1. The third-order valence-corrected chi connectivity index (χ3v) is 3.90. The minimum absolute atomic E-state index is 0.0912. The highest BCUT2D eigenvalue weighted by Crippen LogP contribution is 2.32. The van der Waals surface area contributed by atoms with E-state index in [1.165, 1.54) is 16.9 Å². The lowest BCUT2D eigenvalue weighted by Crippen LogP contribution is -2.11. The molecule has 1 aromatic heterocycles. The average molecular weight is 260 g/mol. The molecule has 0 spiro atoms. The number of fused-ring (bicyclic) bond motifs is 1. The number of allylic oxidation sites excluding steroid dienone is 5. The lowest BCUT2D eigenvalue weighted by molar-refractivity contribution is 0.0996. The Kier molecular flexibility index (Phi) is 2.76. The van der Waals surface area contributed by atoms with Crippen LogP contribution in [0.25, 0.3) is 0 Å². The van der Waals surface area contributed by atoms with Gasteiger partial charge in [0.25, 0.3) is 5.91 Å². The average Bonchev–Trinajstić information content (AvgIpc) is 2.95. The molecule has 5 heteroatoms. The van der Waals surface area contributed by atoms with Crippen molar-refractivity contribution < 1.29 is 9.53 Å². The third kappa shape index (κ3) is 1.97. The maximum atomic E-state index is 11.1. The number of nitrogens with two attached hydrogens (primary N) is 1. The number of aromatic nitrogens is 1. The van der Waals surface area contributed by atoms with E-state index in [-0.39, 0.29) is 5.92 Å². The predicted molar refractivity (Wildman–Crippen MR) is 69.2 cm³/mol. The third-order valence-electron chi connectivity index (χ3n) is 2.95. The number of rotatable bonds is 2. The van der Waals surface area contributed by atoms with E-state index in [2.05, 4.69) is 11.1 Å². The summed E-state index contributed by atoms with van der Waals surface area (Å²) in [4.78, 5) is 15.3. The zero-order valence-electron chi connectivity index (χ0n) is 9.63. The Morgan fingerprint density at radius 2 is 2.44 bits per heavy atom. The van der Waals surface area contributed by atoms with E-state index in [1.807, 2.05) is 18.2 Å². The molecule has 1 amide bonds. The monoisotopic (exact) mass is 260 g/mol. The summed E-state index contributed by atoms with van der Waals surface area (Å²) in [7, 11) is 0. The van der Waals surface area contributed by atoms with Crippen LogP contribution in [-0.2, 0) is 4.74 Å². The van der Waals surface area contributed by atoms with Crippen molar-refractivity contribution in [1.29, 1.82) is 0 Å². The molecule has 92 valence electrons. The zero-order valence-corrected chi connectivity index (χ0v) is 10.4. The van der Waals surface area contributed by atoms with Gasteiger partial charge in [-0.15, -0.1) is 11.3 Å². The fourth-order valence-electron chi connectivity index (χ4n) is 2.05. The van der Waals surface area contributed by atoms with Gasteiger partial charge in [0.15, 0.2) is 0 Å². The van der Waals surface area contributed by atoms with Crippen molar-refractivity contribution in [2.45, 2.75) is 12.3 Å². The van der Waals surface area contributed by atoms with Crippen LogP contribution in [0.4, 0.5) is 0 Å². The molecule has 1 aliphatic carbocycles. The number of thiazole rings is 1. The zero-order chi connectivity index (χ0) is 12.5. The molecule has 1 aromatic rings. The van der Waals surface area contributed by atoms with Crippen LogP contribution >= 0.6 is 11.3 Å². The first-order valence-corrected chi connectivity index (χ1v) is 6.59. The van der Waals surface area contributed by atoms with Gasteiger partial charge in [0.2, 0.25) is 0 Å². The van der Waals surface area contributed by atoms with Gasteiger partial charge >= 0.3 is 0 Å². The molecule has 2 heterocycles. The fraction of sp³-hybridized carbons (Fsp3) is 0.231. The van der Waals surface area contributed by atoms with Gasteiger partial charge in [0.05, 0.1) is 6.61 Å². The lowest BCUT2D eigenvalue weighted by atomic mass is 10.1. The summed E-state index contributed by atoms with van der Waals surface area (Å²) in [6.45, 7) is 0.739. The molecule has 1 unspecified atom stereocenters. The van der Waals surface area contributed by atoms with Gasteiger partial charge in [-0.25, -0.2) is 4.98 Å². The van der Waals surface area contributed by atoms with Crippen molar-refractivity contribution in [3.8, 4) is 0 Å². The molecule has 18 heavy (non-hydrogen) atoms. The smallest absolute Gasteiger partial charge is 0.268 e. The van der Waals surface area contributed by atoms with Crippen LogP contribution in [0.5, 0.6) is 0 Å². The normalized spacial score (nSPS) is 21.7. The molecule has 2 N–H and O–H groups in total. The molecular weight excluding hydrogens is 248 g/mol. The standard InChI is InChI=1S/C13H12N2O2S/c14-12(16)10-7-18-13(15-10)9-2-1-3-11-8(6-9)4-5-17-11/h1-3,6-7,9H,4-5H2,(H2,14,16). The summed E-state index contributed by atoms with van der Waals surface area (Å²) in [6.07, 6.45) is 9.07. The second-order valence-corrected chi connectivity index (χ2v) is 5.06. The molecule has 0 bridgehead atoms. The Morgan fingerprint density at radius 1 is 1.56 bits per heavy atom. The molecule has 0 radical (unpaired) electrons. The number of nitrogens with zero attached hydrogens (tertiary/aromatic N) is 1. The summed E-state index contributed by atoms with van der Waals surface area (Å²) >= 11 is 1.46. The Hall–Kier alpha value is -1.88. The largest absolute Gasteiger partial charge is 0.493 e. The maximum absolute atomic E-state index is 11.1. The second kappa shape index (κ2) is 4.42. The first-order chi connectivity index (χ1) is 8.74. The molecule has 2 aliphatic rings. The summed E-state index contributed by atoms with van der Waals surface area (Å²) in [5.41, 5.74) is 6.76. The van der Waals surface area contributed by atoms with E-state index in [0.29, 0.717) is 5.69 Å². The van der Waals surface area contributed by atoms with Gasteiger partial charge in [-0.3, -0.25) is 4.79 Å². The summed E-state index contributed by atoms with van der Waals surface area (Å²) in [5, 5.41) is 2.59. The van der Waals surface area contributed by atoms with E-state index in [1.54, 1.807) is 5.38 Å². The molecule has 3 rings (SSSR count). The van der Waals surface area contributed by atoms with Crippen molar-refractivity contribution in [2.75, 3.05) is 6.61 Å². The molecule has 1 fully saturated rings. The van der Waals surface area contributed by atoms with E-state index in [9.17, 15) is 4.79 Å². The molecule has 0 saturated carbocycles. The maximum Gasteiger partial charge on any atom is 0.268 e. The quantitative estimate of drug-likeness (QED) is 0.885. The summed E-state index contributed by atoms with van der Waals surface area (Å²) in [6, 6.07) is 0. The van der Waals surface area contributed by atoms with Gasteiger partial charge in [0.1, 0.15) is 16.5 Å². The molecule has 1 saturated heterocycles. The fourth-order valence-corrected chi connectivity index (χ4v) is 2.91. The number of amides is 1. The predicted octanol–water partition coefficient (Wildman–Crippen LogP) is 2.13. The number of carbonyl (C=O) groups excluding carboxylic acids is 1. The Morgan fingerprint density at radius 3 is 3.22 bits per heavy atom. The first-order valence-electron chi connectivity index (χ1n) is 5.71. The van der Waals surface area contributed by atoms with Crippen LogP contribution in [0.15, 0.2) is 41.0 Å². The highest BCUT2D eigenvalue weighted by molar-refractivity contribution is 7.10. The van der Waals surface area contributed by atoms with Gasteiger partial charge in [-0.05, 0) is 11.6 Å². The second-order valence-electron chi connectivity index (χ2n) is 4.17. The first kappa shape index (κ1) is 11.2. The number of carbonyl (C=O) groups is 1. The van der Waals surface area contributed by atoms with Gasteiger partial charge in [-0.1, -0.05) is 18.2 Å². The van der Waals surface area contributed by atoms with Gasteiger partial charge < -0.3 is 10.5 Å². The topological polar surface area (TPSA) is 65.2 Å². The van der Waals surface area contributed by atoms with Crippen molar-refractivity contribution in [1.82, 2.24) is 4.98 Å². The molecule has 0 aromatic carbocycles. The van der Waals surface area contributed by atoms with E-state index in [0.717, 1.165) is 23.8 Å². The SMILES string of the molecule is NC(=O)c1csc(C2C=CC=C3OCCC3=C2)n1. The van der Waals surface area contributed by atoms with Gasteiger partial charge in [-0.2, -0.15) is 0 Å². The lowest BCUT2D eigenvalue weighted by Gasteiger charge is -2.03. The summed E-state index contributed by atoms with van der Waals surface area (Å²) in [5.74, 6) is 0.555. The van der Waals surface area contributed by atoms with Crippen molar-refractivity contribution in [2.24, 2.45) is 5.73 Å². The van der Waals surface area contributed by atoms with E-state index in [4.69, 9.17) is 10.5 Å². The number of primary amides is 1. The Labute approximate surface area is 108 Å². The van der Waals surface area contributed by atoms with Crippen LogP contribution in [0.1, 0.15) is 27.8 Å². The van der Waals surface area contributed by atoms with Crippen molar-refractivity contribution in [3.05, 3.63) is 51.7 Å². The number of hydrogen-bond donors (Lipinski definition) is 1. The Bertz CT molecular complexity index is 584. The molecule has 1 aliphatic heterocycles. The highest BCUT2D eigenvalue weighted by atomic mass is 32.1. The van der Waals surface area contributed by atoms with E-state index < -0.39 is 5.91 Å². The van der Waals surface area contributed by atoms with E-state index >= 15 is 0 Å². The molecule has 1 atom stereocenters. The van der Waals surface area contributed by atoms with Crippen molar-refractivity contribution in [3.63, 3.8) is 0 Å². The van der Waals surface area contributed by atoms with Crippen LogP contribution in [0.2, 0.25) is 0 Å². The molecule has 4 nitrogen and oxygen atoms in total. The minimum atomic E-state index is -0.481.